The van der Waals surface area contributed by atoms with Gasteiger partial charge in [-0.3, -0.25) is 0 Å². The molecule has 0 aromatic carbocycles. The SMILES string of the molecule is CCCCCCCCCCCCCC/C=C/CC[C@H]1O[C@@H]1CCCCCCCCCCCCC1=C[C@H](C)OC1=O. The van der Waals surface area contributed by atoms with E-state index in [2.05, 4.69) is 19.1 Å². The Morgan fingerprint density at radius 1 is 0.600 bits per heavy atom. The highest BCUT2D eigenvalue weighted by Crippen LogP contribution is 2.31. The summed E-state index contributed by atoms with van der Waals surface area (Å²) in [5.41, 5.74) is 0.896. The molecule has 0 aromatic rings. The largest absolute Gasteiger partial charge is 0.455 e. The van der Waals surface area contributed by atoms with Crippen LogP contribution in [0.4, 0.5) is 0 Å². The molecule has 1 fully saturated rings. The summed E-state index contributed by atoms with van der Waals surface area (Å²) in [5.74, 6) is -0.0937. The number of carbonyl (C=O) groups excluding carboxylic acids is 1. The van der Waals surface area contributed by atoms with Gasteiger partial charge in [-0.15, -0.1) is 0 Å². The summed E-state index contributed by atoms with van der Waals surface area (Å²) in [6, 6.07) is 0. The van der Waals surface area contributed by atoms with Gasteiger partial charge in [0.1, 0.15) is 6.10 Å². The Kier molecular flexibility index (Phi) is 21.5. The molecule has 2 aliphatic heterocycles. The summed E-state index contributed by atoms with van der Waals surface area (Å²) in [5, 5.41) is 0. The molecule has 2 heterocycles. The first-order valence-corrected chi connectivity index (χ1v) is 17.9. The van der Waals surface area contributed by atoms with Crippen LogP contribution in [0.25, 0.3) is 0 Å². The number of epoxide rings is 1. The van der Waals surface area contributed by atoms with E-state index in [9.17, 15) is 4.79 Å². The van der Waals surface area contributed by atoms with Crippen molar-refractivity contribution in [1.29, 1.82) is 0 Å². The van der Waals surface area contributed by atoms with Crippen LogP contribution in [0.5, 0.6) is 0 Å². The van der Waals surface area contributed by atoms with Crippen molar-refractivity contribution in [3.8, 4) is 0 Å². The Balaban J connectivity index is 1.22. The van der Waals surface area contributed by atoms with Crippen molar-refractivity contribution in [1.82, 2.24) is 0 Å². The van der Waals surface area contributed by atoms with Crippen LogP contribution in [0.3, 0.4) is 0 Å². The Bertz CT molecular complexity index is 666. The quantitative estimate of drug-likeness (QED) is 0.0396. The summed E-state index contributed by atoms with van der Waals surface area (Å²) in [4.78, 5) is 11.6. The number of hydrogen-bond acceptors (Lipinski definition) is 3. The molecule has 0 saturated carbocycles. The standard InChI is InChI=1S/C37H66O3/c1-3-4-5-6-7-8-9-10-11-12-13-14-18-21-24-27-30-35-36(40-35)31-28-25-22-19-16-15-17-20-23-26-29-34-32-33(2)39-37(34)38/h21,24,32-33,35-36H,3-20,22-23,25-31H2,1-2H3/b24-21+/t33-,35+,36+/m0/s1. The first kappa shape index (κ1) is 35.1. The second-order valence-electron chi connectivity index (χ2n) is 12.8. The minimum Gasteiger partial charge on any atom is -0.455 e. The number of ether oxygens (including phenoxy) is 2. The van der Waals surface area contributed by atoms with Crippen LogP contribution in [0.2, 0.25) is 0 Å². The van der Waals surface area contributed by atoms with E-state index in [1.54, 1.807) is 0 Å². The lowest BCUT2D eigenvalue weighted by Crippen LogP contribution is -2.03. The molecule has 0 amide bonds. The molecule has 0 unspecified atom stereocenters. The number of allylic oxidation sites excluding steroid dienone is 2. The predicted octanol–water partition coefficient (Wildman–Crippen LogP) is 11.7. The lowest BCUT2D eigenvalue weighted by atomic mass is 10.0. The monoisotopic (exact) mass is 559 g/mol. The van der Waals surface area contributed by atoms with E-state index in [1.165, 1.54) is 161 Å². The molecule has 3 nitrogen and oxygen atoms in total. The average molecular weight is 559 g/mol. The Labute approximate surface area is 249 Å². The zero-order chi connectivity index (χ0) is 28.5. The van der Waals surface area contributed by atoms with Gasteiger partial charge in [-0.25, -0.2) is 4.79 Å². The Hall–Kier alpha value is -1.09. The number of rotatable bonds is 29. The molecule has 40 heavy (non-hydrogen) atoms. The van der Waals surface area contributed by atoms with Gasteiger partial charge in [0.25, 0.3) is 0 Å². The maximum absolute atomic E-state index is 11.6. The van der Waals surface area contributed by atoms with E-state index >= 15 is 0 Å². The molecule has 3 atom stereocenters. The van der Waals surface area contributed by atoms with Crippen LogP contribution < -0.4 is 0 Å². The third-order valence-corrected chi connectivity index (χ3v) is 8.87. The fourth-order valence-corrected chi connectivity index (χ4v) is 6.18. The van der Waals surface area contributed by atoms with E-state index < -0.39 is 0 Å². The lowest BCUT2D eigenvalue weighted by Gasteiger charge is -2.03. The summed E-state index contributed by atoms with van der Waals surface area (Å²) in [7, 11) is 0. The second-order valence-corrected chi connectivity index (χ2v) is 12.8. The molecule has 2 rings (SSSR count). The highest BCUT2D eigenvalue weighted by molar-refractivity contribution is 5.90. The average Bonchev–Trinajstić information content (AvgIpc) is 3.61. The lowest BCUT2D eigenvalue weighted by molar-refractivity contribution is -0.139. The number of hydrogen-bond donors (Lipinski definition) is 0. The maximum atomic E-state index is 11.6. The third-order valence-electron chi connectivity index (χ3n) is 8.87. The van der Waals surface area contributed by atoms with E-state index in [0.717, 1.165) is 18.4 Å². The van der Waals surface area contributed by atoms with Gasteiger partial charge < -0.3 is 9.47 Å². The first-order chi connectivity index (χ1) is 19.7. The Morgan fingerprint density at radius 2 is 1.07 bits per heavy atom. The predicted molar refractivity (Wildman–Crippen MR) is 172 cm³/mol. The molecule has 2 aliphatic rings. The number of carbonyl (C=O) groups is 1. The van der Waals surface area contributed by atoms with Crippen molar-refractivity contribution in [2.24, 2.45) is 0 Å². The zero-order valence-electron chi connectivity index (χ0n) is 26.8. The van der Waals surface area contributed by atoms with Crippen LogP contribution in [-0.4, -0.2) is 24.3 Å². The van der Waals surface area contributed by atoms with Crippen LogP contribution >= 0.6 is 0 Å². The molecule has 0 aromatic heterocycles. The summed E-state index contributed by atoms with van der Waals surface area (Å²) in [6.07, 6.45) is 44.1. The maximum Gasteiger partial charge on any atom is 0.334 e. The van der Waals surface area contributed by atoms with Gasteiger partial charge in [0, 0.05) is 5.57 Å². The minimum atomic E-state index is -0.0937. The summed E-state index contributed by atoms with van der Waals surface area (Å²) in [6.45, 7) is 4.23. The van der Waals surface area contributed by atoms with Crippen molar-refractivity contribution in [3.63, 3.8) is 0 Å². The van der Waals surface area contributed by atoms with Gasteiger partial charge in [0.15, 0.2) is 0 Å². The van der Waals surface area contributed by atoms with E-state index in [-0.39, 0.29) is 12.1 Å². The van der Waals surface area contributed by atoms with Crippen molar-refractivity contribution < 1.29 is 14.3 Å². The smallest absolute Gasteiger partial charge is 0.334 e. The summed E-state index contributed by atoms with van der Waals surface area (Å²) < 4.78 is 11.1. The normalized spacial score (nSPS) is 20.4. The minimum absolute atomic E-state index is 0.0216. The van der Waals surface area contributed by atoms with E-state index in [1.807, 2.05) is 13.0 Å². The molecule has 0 radical (unpaired) electrons. The third kappa shape index (κ3) is 19.1. The van der Waals surface area contributed by atoms with Crippen LogP contribution in [0.15, 0.2) is 23.8 Å². The fourth-order valence-electron chi connectivity index (χ4n) is 6.18. The van der Waals surface area contributed by atoms with Crippen molar-refractivity contribution in [2.45, 2.75) is 206 Å². The van der Waals surface area contributed by atoms with Crippen LogP contribution in [0, 0.1) is 0 Å². The van der Waals surface area contributed by atoms with Crippen LogP contribution in [-0.2, 0) is 14.3 Å². The van der Waals surface area contributed by atoms with Crippen molar-refractivity contribution in [3.05, 3.63) is 23.8 Å². The number of cyclic esters (lactones) is 1. The molecule has 0 bridgehead atoms. The van der Waals surface area contributed by atoms with Crippen molar-refractivity contribution in [2.75, 3.05) is 0 Å². The van der Waals surface area contributed by atoms with Gasteiger partial charge in [-0.05, 0) is 57.9 Å². The molecule has 232 valence electrons. The number of esters is 1. The van der Waals surface area contributed by atoms with Gasteiger partial charge in [-0.1, -0.05) is 147 Å². The fraction of sp³-hybridized carbons (Fsp3) is 0.865. The van der Waals surface area contributed by atoms with E-state index in [0.29, 0.717) is 12.2 Å². The molecule has 3 heteroatoms. The van der Waals surface area contributed by atoms with Gasteiger partial charge >= 0.3 is 5.97 Å². The zero-order valence-corrected chi connectivity index (χ0v) is 26.8. The number of unbranched alkanes of at least 4 members (excludes halogenated alkanes) is 21. The molecule has 1 saturated heterocycles. The molecule has 0 N–H and O–H groups in total. The highest BCUT2D eigenvalue weighted by Gasteiger charge is 2.36. The molecule has 0 aliphatic carbocycles. The first-order valence-electron chi connectivity index (χ1n) is 17.9. The van der Waals surface area contributed by atoms with Gasteiger partial charge in [-0.2, -0.15) is 0 Å². The second kappa shape index (κ2) is 24.5. The van der Waals surface area contributed by atoms with Gasteiger partial charge in [0.2, 0.25) is 0 Å². The van der Waals surface area contributed by atoms with Crippen molar-refractivity contribution >= 4 is 5.97 Å². The van der Waals surface area contributed by atoms with E-state index in [4.69, 9.17) is 9.47 Å². The topological polar surface area (TPSA) is 38.8 Å². The highest BCUT2D eigenvalue weighted by atomic mass is 16.6. The Morgan fingerprint density at radius 3 is 1.62 bits per heavy atom. The van der Waals surface area contributed by atoms with Gasteiger partial charge in [0.05, 0.1) is 12.2 Å². The van der Waals surface area contributed by atoms with Crippen LogP contribution in [0.1, 0.15) is 187 Å². The summed E-state index contributed by atoms with van der Waals surface area (Å²) >= 11 is 0. The molecule has 0 spiro atoms. The molecular formula is C37H66O3. The molecular weight excluding hydrogens is 492 g/mol.